The molecule has 7 heteroatoms. The Kier molecular flexibility index (Phi) is 10.9. The molecule has 0 aliphatic rings. The number of hydroxylamine groups is 1. The maximum atomic E-state index is 12.2. The minimum absolute atomic E-state index is 0. The van der Waals surface area contributed by atoms with Crippen LogP contribution in [-0.4, -0.2) is 36.2 Å². The lowest BCUT2D eigenvalue weighted by Gasteiger charge is -2.14. The van der Waals surface area contributed by atoms with Crippen LogP contribution >= 0.6 is 0 Å². The summed E-state index contributed by atoms with van der Waals surface area (Å²) in [7, 11) is 0. The largest absolute Gasteiger partial charge is 0.339 e. The van der Waals surface area contributed by atoms with E-state index in [4.69, 9.17) is 10.9 Å². The average Bonchev–Trinajstić information content (AvgIpc) is 2.76. The van der Waals surface area contributed by atoms with Gasteiger partial charge in [-0.2, -0.15) is 0 Å². The van der Waals surface area contributed by atoms with Gasteiger partial charge in [0.15, 0.2) is 0 Å². The number of hydrogen-bond acceptors (Lipinski definition) is 5. The molecule has 30 heavy (non-hydrogen) atoms. The van der Waals surface area contributed by atoms with E-state index in [-0.39, 0.29) is 14.0 Å². The molecule has 2 rings (SSSR count). The van der Waals surface area contributed by atoms with Crippen molar-refractivity contribution >= 4 is 11.8 Å². The zero-order valence-electron chi connectivity index (χ0n) is 16.4. The van der Waals surface area contributed by atoms with Gasteiger partial charge >= 0.3 is 0 Å². The molecule has 0 spiro atoms. The average molecular weight is 411 g/mol. The van der Waals surface area contributed by atoms with Crippen LogP contribution in [0.5, 0.6) is 0 Å². The molecule has 0 aromatic heterocycles. The number of benzene rings is 2. The molecule has 7 nitrogen and oxygen atoms in total. The molecule has 160 valence electrons. The van der Waals surface area contributed by atoms with Crippen molar-refractivity contribution in [2.24, 2.45) is 5.73 Å². The number of carbonyl (C=O) groups excluding carboxylic acids is 2. The van der Waals surface area contributed by atoms with Gasteiger partial charge < -0.3 is 16.4 Å². The van der Waals surface area contributed by atoms with E-state index in [0.29, 0.717) is 5.56 Å². The van der Waals surface area contributed by atoms with Crippen LogP contribution in [0.3, 0.4) is 0 Å². The van der Waals surface area contributed by atoms with Gasteiger partial charge in [-0.25, -0.2) is 5.48 Å². The van der Waals surface area contributed by atoms with Crippen LogP contribution in [0.15, 0.2) is 48.5 Å². The van der Waals surface area contributed by atoms with Crippen molar-refractivity contribution in [3.63, 3.8) is 0 Å². The SMILES string of the molecule is C.CCCNCc1ccc(C#Cc2ccc(C(=O)N[C@@H](CN)C(=O)NO)cc2)cc1. The highest BCUT2D eigenvalue weighted by Crippen LogP contribution is 2.06. The maximum Gasteiger partial charge on any atom is 0.267 e. The van der Waals surface area contributed by atoms with Crippen LogP contribution in [-0.2, 0) is 11.3 Å². The van der Waals surface area contributed by atoms with E-state index in [1.807, 2.05) is 12.1 Å². The molecule has 0 unspecified atom stereocenters. The first kappa shape index (κ1) is 24.9. The number of amides is 2. The van der Waals surface area contributed by atoms with Crippen molar-refractivity contribution in [1.82, 2.24) is 16.1 Å². The highest BCUT2D eigenvalue weighted by Gasteiger charge is 2.19. The van der Waals surface area contributed by atoms with E-state index >= 15 is 0 Å². The quantitative estimate of drug-likeness (QED) is 0.197. The van der Waals surface area contributed by atoms with Gasteiger partial charge in [-0.05, 0) is 54.9 Å². The third-order valence-corrected chi connectivity index (χ3v) is 4.18. The van der Waals surface area contributed by atoms with Crippen LogP contribution in [0, 0.1) is 11.8 Å². The molecular formula is C23H30N4O3. The second kappa shape index (κ2) is 13.1. The molecule has 0 bridgehead atoms. The highest BCUT2D eigenvalue weighted by molar-refractivity contribution is 5.97. The molecule has 0 fully saturated rings. The van der Waals surface area contributed by atoms with Crippen molar-refractivity contribution in [3.8, 4) is 11.8 Å². The minimum atomic E-state index is -1.01. The van der Waals surface area contributed by atoms with Crippen molar-refractivity contribution < 1.29 is 14.8 Å². The lowest BCUT2D eigenvalue weighted by atomic mass is 10.1. The van der Waals surface area contributed by atoms with E-state index < -0.39 is 17.9 Å². The number of nitrogens with two attached hydrogens (primary N) is 1. The third kappa shape index (κ3) is 7.68. The molecule has 0 aliphatic heterocycles. The van der Waals surface area contributed by atoms with Crippen molar-refractivity contribution in [2.45, 2.75) is 33.4 Å². The predicted octanol–water partition coefficient (Wildman–Crippen LogP) is 1.78. The summed E-state index contributed by atoms with van der Waals surface area (Å²) in [6.07, 6.45) is 1.11. The third-order valence-electron chi connectivity index (χ3n) is 4.18. The van der Waals surface area contributed by atoms with Crippen LogP contribution in [0.4, 0.5) is 0 Å². The summed E-state index contributed by atoms with van der Waals surface area (Å²) in [5, 5.41) is 14.5. The van der Waals surface area contributed by atoms with Crippen LogP contribution in [0.1, 0.15) is 47.8 Å². The Bertz CT molecular complexity index is 868. The second-order valence-electron chi connectivity index (χ2n) is 6.44. The first-order chi connectivity index (χ1) is 14.1. The number of nitrogens with one attached hydrogen (secondary N) is 3. The summed E-state index contributed by atoms with van der Waals surface area (Å²) < 4.78 is 0. The van der Waals surface area contributed by atoms with Gasteiger partial charge in [0.1, 0.15) is 6.04 Å². The van der Waals surface area contributed by atoms with E-state index in [0.717, 1.165) is 30.6 Å². The van der Waals surface area contributed by atoms with E-state index in [2.05, 4.69) is 41.5 Å². The standard InChI is InChI=1S/C22H26N4O3.CH4/c1-2-13-24-15-18-7-5-16(6-8-18)3-4-17-9-11-19(12-10-17)21(27)25-20(14-23)22(28)26-29;/h5-12,20,24,29H,2,13-15,23H2,1H3,(H,25,27)(H,26,28);1H4/t20-;/m0./s1. The Balaban J connectivity index is 0.00000450. The summed E-state index contributed by atoms with van der Waals surface area (Å²) in [4.78, 5) is 23.6. The van der Waals surface area contributed by atoms with Gasteiger partial charge in [0.25, 0.3) is 11.8 Å². The van der Waals surface area contributed by atoms with E-state index in [1.165, 1.54) is 11.0 Å². The Morgan fingerprint density at radius 1 is 1.03 bits per heavy atom. The first-order valence-electron chi connectivity index (χ1n) is 9.44. The Morgan fingerprint density at radius 2 is 1.60 bits per heavy atom. The molecular weight excluding hydrogens is 380 g/mol. The molecule has 2 aromatic rings. The Morgan fingerprint density at radius 3 is 2.10 bits per heavy atom. The van der Waals surface area contributed by atoms with Gasteiger partial charge in [-0.1, -0.05) is 38.3 Å². The second-order valence-corrected chi connectivity index (χ2v) is 6.44. The monoisotopic (exact) mass is 410 g/mol. The molecule has 0 aliphatic carbocycles. The molecule has 2 aromatic carbocycles. The molecule has 0 radical (unpaired) electrons. The van der Waals surface area contributed by atoms with Crippen molar-refractivity contribution in [3.05, 3.63) is 70.8 Å². The zero-order chi connectivity index (χ0) is 21.1. The Hall–Kier alpha value is -3.18. The van der Waals surface area contributed by atoms with Gasteiger partial charge in [0.2, 0.25) is 0 Å². The summed E-state index contributed by atoms with van der Waals surface area (Å²) in [6, 6.07) is 13.8. The van der Waals surface area contributed by atoms with Gasteiger partial charge in [0.05, 0.1) is 0 Å². The molecule has 0 saturated carbocycles. The molecule has 1 atom stereocenters. The summed E-state index contributed by atoms with van der Waals surface area (Å²) in [5.41, 5.74) is 10.1. The van der Waals surface area contributed by atoms with Gasteiger partial charge in [0, 0.05) is 29.8 Å². The zero-order valence-corrected chi connectivity index (χ0v) is 16.4. The van der Waals surface area contributed by atoms with Crippen LogP contribution in [0.2, 0.25) is 0 Å². The number of rotatable bonds is 8. The first-order valence-corrected chi connectivity index (χ1v) is 9.44. The molecule has 2 amide bonds. The van der Waals surface area contributed by atoms with Crippen molar-refractivity contribution in [2.75, 3.05) is 13.1 Å². The fourth-order valence-electron chi connectivity index (χ4n) is 2.52. The smallest absolute Gasteiger partial charge is 0.267 e. The predicted molar refractivity (Wildman–Crippen MR) is 118 cm³/mol. The molecule has 6 N–H and O–H groups in total. The maximum absolute atomic E-state index is 12.2. The summed E-state index contributed by atoms with van der Waals surface area (Å²) in [6.45, 7) is 3.85. The highest BCUT2D eigenvalue weighted by atomic mass is 16.5. The van der Waals surface area contributed by atoms with E-state index in [1.54, 1.807) is 24.3 Å². The minimum Gasteiger partial charge on any atom is -0.339 e. The van der Waals surface area contributed by atoms with Crippen LogP contribution < -0.4 is 21.8 Å². The lowest BCUT2D eigenvalue weighted by Crippen LogP contribution is -2.50. The van der Waals surface area contributed by atoms with Gasteiger partial charge in [-0.15, -0.1) is 0 Å². The lowest BCUT2D eigenvalue weighted by molar-refractivity contribution is -0.130. The summed E-state index contributed by atoms with van der Waals surface area (Å²) >= 11 is 0. The van der Waals surface area contributed by atoms with E-state index in [9.17, 15) is 9.59 Å². The van der Waals surface area contributed by atoms with Crippen LogP contribution in [0.25, 0.3) is 0 Å². The molecule has 0 saturated heterocycles. The molecule has 0 heterocycles. The Labute approximate surface area is 178 Å². The normalized spacial score (nSPS) is 10.8. The van der Waals surface area contributed by atoms with Gasteiger partial charge in [-0.3, -0.25) is 14.8 Å². The number of hydrogen-bond donors (Lipinski definition) is 5. The fraction of sp³-hybridized carbons (Fsp3) is 0.304. The summed E-state index contributed by atoms with van der Waals surface area (Å²) in [5.74, 6) is 4.93. The van der Waals surface area contributed by atoms with Crippen molar-refractivity contribution in [1.29, 1.82) is 0 Å². The topological polar surface area (TPSA) is 116 Å². The number of carbonyl (C=O) groups is 2. The fourth-order valence-corrected chi connectivity index (χ4v) is 2.52.